The molecule has 5 nitrogen and oxygen atoms in total. The van der Waals surface area contributed by atoms with Crippen LogP contribution >= 0.6 is 0 Å². The van der Waals surface area contributed by atoms with Crippen LogP contribution < -0.4 is 0 Å². The number of aliphatic carboxylic acids is 1. The maximum absolute atomic E-state index is 11.3. The van der Waals surface area contributed by atoms with Crippen molar-refractivity contribution in [3.05, 3.63) is 0 Å². The van der Waals surface area contributed by atoms with Gasteiger partial charge >= 0.3 is 5.97 Å². The highest BCUT2D eigenvalue weighted by Crippen LogP contribution is 2.14. The van der Waals surface area contributed by atoms with Crippen LogP contribution in [0.5, 0.6) is 0 Å². The van der Waals surface area contributed by atoms with Gasteiger partial charge in [-0.1, -0.05) is 83.5 Å². The second-order valence-corrected chi connectivity index (χ2v) is 7.52. The second kappa shape index (κ2) is 19.1. The van der Waals surface area contributed by atoms with E-state index < -0.39 is 12.0 Å². The number of carboxylic acid groups (broad SMARTS) is 1. The van der Waals surface area contributed by atoms with Crippen molar-refractivity contribution in [2.75, 3.05) is 26.8 Å². The Morgan fingerprint density at radius 2 is 1.08 bits per heavy atom. The molecule has 0 aliphatic carbocycles. The Labute approximate surface area is 160 Å². The minimum atomic E-state index is -0.783. The van der Waals surface area contributed by atoms with Crippen LogP contribution in [0.3, 0.4) is 0 Å². The standard InChI is InChI=1S/C21H43NO4/c1-22(17-19-24)20(21(25)26)16-14-12-10-8-6-4-2-3-5-7-9-11-13-15-18-23/h20,23-24H,2-19H2,1H3,(H,25,26). The molecular weight excluding hydrogens is 330 g/mol. The van der Waals surface area contributed by atoms with Gasteiger partial charge in [-0.15, -0.1) is 0 Å². The lowest BCUT2D eigenvalue weighted by atomic mass is 10.0. The molecule has 0 aromatic heterocycles. The Morgan fingerprint density at radius 3 is 1.42 bits per heavy atom. The third-order valence-electron chi connectivity index (χ3n) is 5.16. The lowest BCUT2D eigenvalue weighted by Gasteiger charge is -2.23. The average molecular weight is 374 g/mol. The molecule has 0 bridgehead atoms. The van der Waals surface area contributed by atoms with Crippen LogP contribution in [0.25, 0.3) is 0 Å². The molecule has 0 aliphatic heterocycles. The minimum Gasteiger partial charge on any atom is -0.480 e. The van der Waals surface area contributed by atoms with E-state index in [2.05, 4.69) is 0 Å². The van der Waals surface area contributed by atoms with Crippen LogP contribution in [-0.2, 0) is 4.79 Å². The SMILES string of the molecule is CN(CCO)C(CCCCCCCCCCCCCCCCO)C(=O)O. The van der Waals surface area contributed by atoms with Gasteiger partial charge in [-0.05, 0) is 19.9 Å². The maximum atomic E-state index is 11.3. The van der Waals surface area contributed by atoms with Gasteiger partial charge in [-0.3, -0.25) is 9.69 Å². The van der Waals surface area contributed by atoms with Crippen molar-refractivity contribution in [3.8, 4) is 0 Å². The molecule has 0 fully saturated rings. The number of aliphatic hydroxyl groups is 2. The van der Waals surface area contributed by atoms with Gasteiger partial charge in [0.05, 0.1) is 6.61 Å². The van der Waals surface area contributed by atoms with Crippen LogP contribution in [-0.4, -0.2) is 59.0 Å². The first-order valence-corrected chi connectivity index (χ1v) is 10.8. The van der Waals surface area contributed by atoms with Gasteiger partial charge in [0, 0.05) is 13.2 Å². The maximum Gasteiger partial charge on any atom is 0.320 e. The number of unbranched alkanes of at least 4 members (excludes halogenated alkanes) is 13. The summed E-state index contributed by atoms with van der Waals surface area (Å²) >= 11 is 0. The van der Waals surface area contributed by atoms with Crippen LogP contribution in [0.4, 0.5) is 0 Å². The fourth-order valence-corrected chi connectivity index (χ4v) is 3.42. The molecule has 3 N–H and O–H groups in total. The Kier molecular flexibility index (Phi) is 18.6. The Balaban J connectivity index is 3.36. The van der Waals surface area contributed by atoms with Crippen LogP contribution in [0.1, 0.15) is 96.3 Å². The fourth-order valence-electron chi connectivity index (χ4n) is 3.42. The number of rotatable bonds is 20. The molecule has 5 heteroatoms. The predicted octanol–water partition coefficient (Wildman–Crippen LogP) is 4.21. The first-order valence-electron chi connectivity index (χ1n) is 10.8. The van der Waals surface area contributed by atoms with Gasteiger partial charge in [0.2, 0.25) is 0 Å². The smallest absolute Gasteiger partial charge is 0.320 e. The molecule has 0 radical (unpaired) electrons. The van der Waals surface area contributed by atoms with Gasteiger partial charge in [-0.2, -0.15) is 0 Å². The number of hydrogen-bond acceptors (Lipinski definition) is 4. The Hall–Kier alpha value is -0.650. The Bertz CT molecular complexity index is 312. The molecule has 0 rings (SSSR count). The summed E-state index contributed by atoms with van der Waals surface area (Å²) in [5, 5.41) is 26.9. The largest absolute Gasteiger partial charge is 0.480 e. The molecule has 0 saturated carbocycles. The first-order chi connectivity index (χ1) is 12.6. The average Bonchev–Trinajstić information content (AvgIpc) is 2.61. The zero-order chi connectivity index (χ0) is 19.5. The summed E-state index contributed by atoms with van der Waals surface area (Å²) in [4.78, 5) is 13.0. The summed E-state index contributed by atoms with van der Waals surface area (Å²) in [5.74, 6) is -0.783. The van der Waals surface area contributed by atoms with Gasteiger partial charge in [0.25, 0.3) is 0 Å². The van der Waals surface area contributed by atoms with Crippen LogP contribution in [0.2, 0.25) is 0 Å². The van der Waals surface area contributed by atoms with E-state index in [9.17, 15) is 9.90 Å². The third kappa shape index (κ3) is 15.6. The molecule has 26 heavy (non-hydrogen) atoms. The molecule has 0 aromatic rings. The van der Waals surface area contributed by atoms with Gasteiger partial charge in [0.15, 0.2) is 0 Å². The van der Waals surface area contributed by atoms with Crippen molar-refractivity contribution in [2.24, 2.45) is 0 Å². The zero-order valence-electron chi connectivity index (χ0n) is 17.0. The molecule has 0 aliphatic rings. The summed E-state index contributed by atoms with van der Waals surface area (Å²) in [6.45, 7) is 0.754. The summed E-state index contributed by atoms with van der Waals surface area (Å²) in [7, 11) is 1.77. The molecule has 0 spiro atoms. The molecule has 0 heterocycles. The first kappa shape index (κ1) is 25.4. The van der Waals surface area contributed by atoms with Crippen molar-refractivity contribution in [1.29, 1.82) is 0 Å². The van der Waals surface area contributed by atoms with Crippen LogP contribution in [0, 0.1) is 0 Å². The van der Waals surface area contributed by atoms with E-state index in [4.69, 9.17) is 10.2 Å². The van der Waals surface area contributed by atoms with E-state index >= 15 is 0 Å². The number of carboxylic acids is 1. The lowest BCUT2D eigenvalue weighted by molar-refractivity contribution is -0.143. The summed E-state index contributed by atoms with van der Waals surface area (Å²) in [6, 6.07) is -0.467. The second-order valence-electron chi connectivity index (χ2n) is 7.52. The van der Waals surface area contributed by atoms with Crippen molar-refractivity contribution in [2.45, 2.75) is 102 Å². The summed E-state index contributed by atoms with van der Waals surface area (Å²) in [6.07, 6.45) is 17.8. The van der Waals surface area contributed by atoms with Crippen molar-refractivity contribution >= 4 is 5.97 Å². The topological polar surface area (TPSA) is 81.0 Å². The van der Waals surface area contributed by atoms with E-state index in [0.717, 1.165) is 19.3 Å². The van der Waals surface area contributed by atoms with E-state index in [1.54, 1.807) is 11.9 Å². The van der Waals surface area contributed by atoms with Crippen molar-refractivity contribution < 1.29 is 20.1 Å². The van der Waals surface area contributed by atoms with Gasteiger partial charge in [-0.25, -0.2) is 0 Å². The van der Waals surface area contributed by atoms with Crippen LogP contribution in [0.15, 0.2) is 0 Å². The van der Waals surface area contributed by atoms with E-state index in [0.29, 0.717) is 19.6 Å². The fraction of sp³-hybridized carbons (Fsp3) is 0.952. The Morgan fingerprint density at radius 1 is 0.692 bits per heavy atom. The van der Waals surface area contributed by atoms with Crippen molar-refractivity contribution in [1.82, 2.24) is 4.90 Å². The molecule has 1 atom stereocenters. The number of hydrogen-bond donors (Lipinski definition) is 3. The predicted molar refractivity (Wildman–Crippen MR) is 107 cm³/mol. The highest BCUT2D eigenvalue weighted by molar-refractivity contribution is 5.73. The molecular formula is C21H43NO4. The molecule has 156 valence electrons. The molecule has 0 aromatic carbocycles. The van der Waals surface area contributed by atoms with Crippen molar-refractivity contribution in [3.63, 3.8) is 0 Å². The minimum absolute atomic E-state index is 0.00396. The molecule has 0 amide bonds. The normalized spacial score (nSPS) is 12.6. The summed E-state index contributed by atoms with van der Waals surface area (Å²) in [5.41, 5.74) is 0. The quantitative estimate of drug-likeness (QED) is 0.279. The lowest BCUT2D eigenvalue weighted by Crippen LogP contribution is -2.39. The number of likely N-dealkylation sites (N-methyl/N-ethyl adjacent to an activating group) is 1. The number of aliphatic hydroxyl groups excluding tert-OH is 2. The molecule has 1 unspecified atom stereocenters. The monoisotopic (exact) mass is 373 g/mol. The number of nitrogens with zero attached hydrogens (tertiary/aromatic N) is 1. The van der Waals surface area contributed by atoms with Gasteiger partial charge < -0.3 is 15.3 Å². The van der Waals surface area contributed by atoms with E-state index in [1.165, 1.54) is 70.6 Å². The zero-order valence-corrected chi connectivity index (χ0v) is 17.0. The highest BCUT2D eigenvalue weighted by Gasteiger charge is 2.21. The van der Waals surface area contributed by atoms with E-state index in [1.807, 2.05) is 0 Å². The number of carbonyl (C=O) groups is 1. The van der Waals surface area contributed by atoms with E-state index in [-0.39, 0.29) is 6.61 Å². The molecule has 0 saturated heterocycles. The highest BCUT2D eigenvalue weighted by atomic mass is 16.4. The third-order valence-corrected chi connectivity index (χ3v) is 5.16. The van der Waals surface area contributed by atoms with Gasteiger partial charge in [0.1, 0.15) is 6.04 Å². The summed E-state index contributed by atoms with van der Waals surface area (Å²) < 4.78 is 0.